The predicted molar refractivity (Wildman–Crippen MR) is 102 cm³/mol. The van der Waals surface area contributed by atoms with E-state index < -0.39 is 5.91 Å². The van der Waals surface area contributed by atoms with Gasteiger partial charge >= 0.3 is 0 Å². The molecule has 0 atom stereocenters. The van der Waals surface area contributed by atoms with Crippen molar-refractivity contribution >= 4 is 11.6 Å². The van der Waals surface area contributed by atoms with Crippen molar-refractivity contribution in [2.24, 2.45) is 0 Å². The molecule has 2 N–H and O–H groups in total. The van der Waals surface area contributed by atoms with Crippen molar-refractivity contribution in [3.63, 3.8) is 0 Å². The van der Waals surface area contributed by atoms with Crippen molar-refractivity contribution in [2.75, 3.05) is 5.32 Å². The van der Waals surface area contributed by atoms with Crippen molar-refractivity contribution in [2.45, 2.75) is 0 Å². The van der Waals surface area contributed by atoms with Gasteiger partial charge < -0.3 is 5.32 Å². The van der Waals surface area contributed by atoms with Crippen LogP contribution in [0.15, 0.2) is 77.7 Å². The first-order valence-electron chi connectivity index (χ1n) is 8.38. The van der Waals surface area contributed by atoms with E-state index in [-0.39, 0.29) is 17.1 Å². The summed E-state index contributed by atoms with van der Waals surface area (Å²) in [5.74, 6) is -0.784. The monoisotopic (exact) mass is 375 g/mol. The lowest BCUT2D eigenvalue weighted by molar-refractivity contribution is 0.102. The number of nitrogens with zero attached hydrogens (tertiary/aromatic N) is 3. The molecule has 28 heavy (non-hydrogen) atoms. The highest BCUT2D eigenvalue weighted by Crippen LogP contribution is 2.20. The molecule has 0 unspecified atom stereocenters. The Morgan fingerprint density at radius 2 is 1.89 bits per heavy atom. The van der Waals surface area contributed by atoms with E-state index in [1.165, 1.54) is 22.9 Å². The molecule has 0 aliphatic carbocycles. The maximum absolute atomic E-state index is 13.4. The number of aromatic amines is 1. The second kappa shape index (κ2) is 7.28. The smallest absolute Gasteiger partial charge is 0.276 e. The molecule has 0 saturated carbocycles. The van der Waals surface area contributed by atoms with Crippen molar-refractivity contribution in [1.29, 1.82) is 0 Å². The molecular formula is C20H14FN5O2. The van der Waals surface area contributed by atoms with Gasteiger partial charge in [0.05, 0.1) is 11.4 Å². The molecule has 0 radical (unpaired) electrons. The second-order valence-electron chi connectivity index (χ2n) is 5.97. The molecule has 0 saturated heterocycles. The second-order valence-corrected chi connectivity index (χ2v) is 5.97. The molecule has 2 heterocycles. The zero-order chi connectivity index (χ0) is 19.5. The Morgan fingerprint density at radius 3 is 2.68 bits per heavy atom. The number of amides is 1. The molecule has 0 aliphatic rings. The lowest BCUT2D eigenvalue weighted by Crippen LogP contribution is -2.13. The van der Waals surface area contributed by atoms with Crippen LogP contribution in [-0.2, 0) is 0 Å². The van der Waals surface area contributed by atoms with E-state index in [1.54, 1.807) is 48.7 Å². The first kappa shape index (κ1) is 17.3. The highest BCUT2D eigenvalue weighted by molar-refractivity contribution is 6.03. The number of hydrogen-bond donors (Lipinski definition) is 2. The van der Waals surface area contributed by atoms with Crippen LogP contribution >= 0.6 is 0 Å². The highest BCUT2D eigenvalue weighted by atomic mass is 19.1. The van der Waals surface area contributed by atoms with Gasteiger partial charge in [0.2, 0.25) is 0 Å². The fourth-order valence-electron chi connectivity index (χ4n) is 2.66. The fraction of sp³-hybridized carbons (Fsp3) is 0. The summed E-state index contributed by atoms with van der Waals surface area (Å²) in [5.41, 5.74) is 2.28. The number of halogens is 1. The third-order valence-corrected chi connectivity index (χ3v) is 3.99. The quantitative estimate of drug-likeness (QED) is 0.573. The number of rotatable bonds is 4. The van der Waals surface area contributed by atoms with Crippen LogP contribution in [0.25, 0.3) is 16.9 Å². The summed E-state index contributed by atoms with van der Waals surface area (Å²) in [4.78, 5) is 23.6. The lowest BCUT2D eigenvalue weighted by atomic mass is 10.1. The third kappa shape index (κ3) is 3.70. The van der Waals surface area contributed by atoms with Gasteiger partial charge in [0.15, 0.2) is 5.69 Å². The van der Waals surface area contributed by atoms with Crippen LogP contribution in [-0.4, -0.2) is 25.9 Å². The number of H-pyrrole nitrogens is 1. The molecule has 7 nitrogen and oxygen atoms in total. The maximum atomic E-state index is 13.4. The third-order valence-electron chi connectivity index (χ3n) is 3.99. The van der Waals surface area contributed by atoms with Crippen LogP contribution in [0.2, 0.25) is 0 Å². The molecule has 0 bridgehead atoms. The Kier molecular flexibility index (Phi) is 4.51. The summed E-state index contributed by atoms with van der Waals surface area (Å²) in [6.45, 7) is 0. The van der Waals surface area contributed by atoms with Gasteiger partial charge in [-0.15, -0.1) is 0 Å². The first-order valence-corrected chi connectivity index (χ1v) is 8.38. The Labute approximate surface area is 158 Å². The number of nitrogens with one attached hydrogen (secondary N) is 2. The minimum atomic E-state index is -0.401. The summed E-state index contributed by atoms with van der Waals surface area (Å²) in [6, 6.07) is 17.5. The Morgan fingerprint density at radius 1 is 1.04 bits per heavy atom. The van der Waals surface area contributed by atoms with E-state index in [9.17, 15) is 14.0 Å². The summed E-state index contributed by atoms with van der Waals surface area (Å²) in [5, 5.41) is 13.3. The summed E-state index contributed by atoms with van der Waals surface area (Å²) in [7, 11) is 0. The van der Waals surface area contributed by atoms with Gasteiger partial charge in [-0.25, -0.2) is 14.2 Å². The molecule has 0 spiro atoms. The lowest BCUT2D eigenvalue weighted by Gasteiger charge is -2.06. The fourth-order valence-corrected chi connectivity index (χ4v) is 2.66. The molecule has 2 aromatic heterocycles. The average Bonchev–Trinajstić information content (AvgIpc) is 3.19. The SMILES string of the molecule is O=C(Nc1cccc(-c2ccc(=O)[nH]n2)c1)c1ccn(-c2cccc(F)c2)n1. The van der Waals surface area contributed by atoms with Gasteiger partial charge in [0, 0.05) is 23.5 Å². The number of aromatic nitrogens is 4. The van der Waals surface area contributed by atoms with Gasteiger partial charge in [0.1, 0.15) is 5.82 Å². The zero-order valence-corrected chi connectivity index (χ0v) is 14.5. The van der Waals surface area contributed by atoms with E-state index >= 15 is 0 Å². The Hall–Kier alpha value is -4.07. The van der Waals surface area contributed by atoms with Gasteiger partial charge in [-0.1, -0.05) is 18.2 Å². The van der Waals surface area contributed by atoms with E-state index in [0.29, 0.717) is 17.1 Å². The van der Waals surface area contributed by atoms with Crippen molar-refractivity contribution < 1.29 is 9.18 Å². The average molecular weight is 375 g/mol. The van der Waals surface area contributed by atoms with Gasteiger partial charge in [0.25, 0.3) is 11.5 Å². The standard InChI is InChI=1S/C20H14FN5O2/c21-14-4-2-6-16(12-14)26-10-9-18(25-26)20(28)22-15-5-1-3-13(11-15)17-7-8-19(27)24-23-17/h1-12H,(H,22,28)(H,24,27). The van der Waals surface area contributed by atoms with Crippen molar-refractivity contribution in [3.8, 4) is 16.9 Å². The van der Waals surface area contributed by atoms with Crippen LogP contribution in [0.5, 0.6) is 0 Å². The highest BCUT2D eigenvalue weighted by Gasteiger charge is 2.11. The number of benzene rings is 2. The Balaban J connectivity index is 1.53. The number of anilines is 1. The van der Waals surface area contributed by atoms with Crippen LogP contribution < -0.4 is 10.9 Å². The van der Waals surface area contributed by atoms with Crippen LogP contribution in [0.1, 0.15) is 10.5 Å². The normalized spacial score (nSPS) is 10.6. The maximum Gasteiger partial charge on any atom is 0.276 e. The number of hydrogen-bond acceptors (Lipinski definition) is 4. The van der Waals surface area contributed by atoms with Crippen LogP contribution in [0, 0.1) is 5.82 Å². The van der Waals surface area contributed by atoms with E-state index in [1.807, 2.05) is 6.07 Å². The van der Waals surface area contributed by atoms with Gasteiger partial charge in [-0.2, -0.15) is 10.2 Å². The minimum absolute atomic E-state index is 0.192. The van der Waals surface area contributed by atoms with E-state index in [4.69, 9.17) is 0 Å². The minimum Gasteiger partial charge on any atom is -0.321 e. The first-order chi connectivity index (χ1) is 13.6. The molecule has 2 aromatic carbocycles. The van der Waals surface area contributed by atoms with Crippen molar-refractivity contribution in [1.82, 2.24) is 20.0 Å². The predicted octanol–water partition coefficient (Wildman–Crippen LogP) is 3.01. The topological polar surface area (TPSA) is 92.7 Å². The van der Waals surface area contributed by atoms with Crippen LogP contribution in [0.3, 0.4) is 0 Å². The van der Waals surface area contributed by atoms with E-state index in [2.05, 4.69) is 20.6 Å². The molecule has 0 aliphatic heterocycles. The molecule has 138 valence electrons. The van der Waals surface area contributed by atoms with Crippen molar-refractivity contribution in [3.05, 3.63) is 94.8 Å². The van der Waals surface area contributed by atoms with Gasteiger partial charge in [-0.3, -0.25) is 9.59 Å². The Bertz CT molecular complexity index is 1190. The molecule has 0 fully saturated rings. The van der Waals surface area contributed by atoms with Crippen LogP contribution in [0.4, 0.5) is 10.1 Å². The van der Waals surface area contributed by atoms with Gasteiger partial charge in [-0.05, 0) is 42.5 Å². The molecule has 4 rings (SSSR count). The summed E-state index contributed by atoms with van der Waals surface area (Å²) in [6.07, 6.45) is 1.59. The number of carbonyl (C=O) groups excluding carboxylic acids is 1. The molecule has 8 heteroatoms. The number of carbonyl (C=O) groups is 1. The van der Waals surface area contributed by atoms with E-state index in [0.717, 1.165) is 5.56 Å². The zero-order valence-electron chi connectivity index (χ0n) is 14.5. The molecule has 4 aromatic rings. The molecule has 1 amide bonds. The summed E-state index contributed by atoms with van der Waals surface area (Å²) >= 11 is 0. The molecular weight excluding hydrogens is 361 g/mol. The summed E-state index contributed by atoms with van der Waals surface area (Å²) < 4.78 is 14.8. The largest absolute Gasteiger partial charge is 0.321 e.